The van der Waals surface area contributed by atoms with Crippen molar-refractivity contribution in [3.8, 4) is 5.75 Å². The van der Waals surface area contributed by atoms with Gasteiger partial charge in [0.2, 0.25) is 0 Å². The normalized spacial score (nSPS) is 17.8. The molecule has 5 heteroatoms. The fourth-order valence-corrected chi connectivity index (χ4v) is 3.65. The largest absolute Gasteiger partial charge is 0.497 e. The van der Waals surface area contributed by atoms with Crippen molar-refractivity contribution in [3.63, 3.8) is 0 Å². The van der Waals surface area contributed by atoms with Crippen LogP contribution in [-0.4, -0.2) is 23.4 Å². The van der Waals surface area contributed by atoms with E-state index in [-0.39, 0.29) is 0 Å². The van der Waals surface area contributed by atoms with E-state index in [1.54, 1.807) is 18.4 Å². The van der Waals surface area contributed by atoms with E-state index in [1.165, 1.54) is 4.88 Å². The summed E-state index contributed by atoms with van der Waals surface area (Å²) in [6.45, 7) is 0.973. The Morgan fingerprint density at radius 1 is 1.40 bits per heavy atom. The summed E-state index contributed by atoms with van der Waals surface area (Å²) in [6, 6.07) is 10.7. The molecule has 0 aliphatic carbocycles. The highest BCUT2D eigenvalue weighted by molar-refractivity contribution is 7.10. The third-order valence-corrected chi connectivity index (χ3v) is 4.75. The molecule has 1 atom stereocenters. The highest BCUT2D eigenvalue weighted by Crippen LogP contribution is 2.37. The molecule has 1 aliphatic heterocycles. The highest BCUT2D eigenvalue weighted by atomic mass is 32.1. The lowest BCUT2D eigenvalue weighted by Crippen LogP contribution is -2.23. The van der Waals surface area contributed by atoms with Gasteiger partial charge in [-0.3, -0.25) is 0 Å². The maximum atomic E-state index is 5.32. The third-order valence-electron chi connectivity index (χ3n) is 3.78. The van der Waals surface area contributed by atoms with Crippen molar-refractivity contribution < 1.29 is 4.74 Å². The van der Waals surface area contributed by atoms with Crippen LogP contribution >= 0.6 is 11.3 Å². The van der Waals surface area contributed by atoms with Gasteiger partial charge < -0.3 is 10.1 Å². The van der Waals surface area contributed by atoms with Gasteiger partial charge >= 0.3 is 0 Å². The van der Waals surface area contributed by atoms with E-state index in [1.807, 2.05) is 12.1 Å². The molecule has 1 N–H and O–H groups in total. The Bertz CT molecular complexity index is 748. The van der Waals surface area contributed by atoms with E-state index in [0.717, 1.165) is 35.4 Å². The molecule has 102 valence electrons. The Morgan fingerprint density at radius 2 is 2.35 bits per heavy atom. The van der Waals surface area contributed by atoms with Gasteiger partial charge in [0, 0.05) is 16.8 Å². The second-order valence-electron chi connectivity index (χ2n) is 4.92. The first kappa shape index (κ1) is 11.8. The van der Waals surface area contributed by atoms with Gasteiger partial charge in [-0.15, -0.1) is 11.3 Å². The molecule has 0 saturated heterocycles. The summed E-state index contributed by atoms with van der Waals surface area (Å²) in [5.41, 5.74) is 1.01. The zero-order chi connectivity index (χ0) is 13.5. The number of fused-ring (bicyclic) bond motifs is 3. The fourth-order valence-electron chi connectivity index (χ4n) is 2.80. The van der Waals surface area contributed by atoms with Crippen LogP contribution in [0.2, 0.25) is 0 Å². The zero-order valence-electron chi connectivity index (χ0n) is 11.2. The van der Waals surface area contributed by atoms with Gasteiger partial charge in [-0.25, -0.2) is 4.68 Å². The standard InChI is InChI=1S/C15H15N3OS/c1-19-10-4-5-12-11(9-10)15-16-7-6-13(18(15)17-12)14-3-2-8-20-14/h2-5,8-9,13,16H,6-7H2,1H3. The molecule has 4 rings (SSSR count). The van der Waals surface area contributed by atoms with Crippen molar-refractivity contribution in [2.24, 2.45) is 0 Å². The molecular formula is C15H15N3OS. The van der Waals surface area contributed by atoms with E-state index in [9.17, 15) is 0 Å². The molecule has 0 radical (unpaired) electrons. The van der Waals surface area contributed by atoms with Crippen LogP contribution in [-0.2, 0) is 0 Å². The number of aromatic nitrogens is 2. The topological polar surface area (TPSA) is 39.1 Å². The minimum atomic E-state index is 0.338. The Morgan fingerprint density at radius 3 is 3.15 bits per heavy atom. The summed E-state index contributed by atoms with van der Waals surface area (Å²) in [4.78, 5) is 1.37. The second-order valence-corrected chi connectivity index (χ2v) is 5.90. The number of nitrogens with zero attached hydrogens (tertiary/aromatic N) is 2. The number of benzene rings is 1. The van der Waals surface area contributed by atoms with Crippen LogP contribution < -0.4 is 10.1 Å². The van der Waals surface area contributed by atoms with Crippen LogP contribution in [0.5, 0.6) is 5.75 Å². The Balaban J connectivity index is 1.90. The molecule has 0 saturated carbocycles. The lowest BCUT2D eigenvalue weighted by Gasteiger charge is -2.25. The third kappa shape index (κ3) is 1.70. The summed E-state index contributed by atoms with van der Waals surface area (Å²) < 4.78 is 7.44. The quantitative estimate of drug-likeness (QED) is 0.783. The first-order chi connectivity index (χ1) is 9.86. The molecule has 0 amide bonds. The van der Waals surface area contributed by atoms with Gasteiger partial charge in [-0.2, -0.15) is 5.10 Å². The van der Waals surface area contributed by atoms with Crippen molar-refractivity contribution in [2.75, 3.05) is 19.0 Å². The van der Waals surface area contributed by atoms with E-state index >= 15 is 0 Å². The number of methoxy groups -OCH3 is 1. The smallest absolute Gasteiger partial charge is 0.133 e. The number of nitrogens with one attached hydrogen (secondary N) is 1. The summed E-state index contributed by atoms with van der Waals surface area (Å²) in [5.74, 6) is 1.97. The van der Waals surface area contributed by atoms with Gasteiger partial charge in [-0.1, -0.05) is 6.07 Å². The summed E-state index contributed by atoms with van der Waals surface area (Å²) in [7, 11) is 1.69. The van der Waals surface area contributed by atoms with Crippen molar-refractivity contribution >= 4 is 28.1 Å². The number of rotatable bonds is 2. The monoisotopic (exact) mass is 285 g/mol. The van der Waals surface area contributed by atoms with Crippen LogP contribution in [0.4, 0.5) is 5.82 Å². The molecule has 3 heterocycles. The average Bonchev–Trinajstić information content (AvgIpc) is 3.13. The molecule has 1 unspecified atom stereocenters. The van der Waals surface area contributed by atoms with Crippen LogP contribution in [0.3, 0.4) is 0 Å². The molecule has 2 aromatic heterocycles. The lowest BCUT2D eigenvalue weighted by atomic mass is 10.1. The molecule has 3 aromatic rings. The molecule has 20 heavy (non-hydrogen) atoms. The predicted octanol–water partition coefficient (Wildman–Crippen LogP) is 3.51. The van der Waals surface area contributed by atoms with Crippen molar-refractivity contribution in [1.82, 2.24) is 9.78 Å². The molecule has 4 nitrogen and oxygen atoms in total. The van der Waals surface area contributed by atoms with E-state index < -0.39 is 0 Å². The first-order valence-electron chi connectivity index (χ1n) is 6.70. The van der Waals surface area contributed by atoms with Crippen molar-refractivity contribution in [1.29, 1.82) is 0 Å². The number of hydrogen-bond acceptors (Lipinski definition) is 4. The van der Waals surface area contributed by atoms with Crippen LogP contribution in [0.15, 0.2) is 35.7 Å². The Labute approximate surface area is 121 Å². The summed E-state index contributed by atoms with van der Waals surface area (Å²) in [5, 5.41) is 11.5. The minimum absolute atomic E-state index is 0.338. The molecule has 0 fully saturated rings. The van der Waals surface area contributed by atoms with Gasteiger partial charge in [0.15, 0.2) is 0 Å². The molecule has 0 spiro atoms. The van der Waals surface area contributed by atoms with Crippen molar-refractivity contribution in [2.45, 2.75) is 12.5 Å². The van der Waals surface area contributed by atoms with Crippen LogP contribution in [0.25, 0.3) is 10.9 Å². The van der Waals surface area contributed by atoms with Gasteiger partial charge in [0.05, 0.1) is 18.7 Å². The van der Waals surface area contributed by atoms with Gasteiger partial charge in [0.25, 0.3) is 0 Å². The van der Waals surface area contributed by atoms with Crippen molar-refractivity contribution in [3.05, 3.63) is 40.6 Å². The fraction of sp³-hybridized carbons (Fsp3) is 0.267. The predicted molar refractivity (Wildman–Crippen MR) is 81.8 cm³/mol. The molecule has 1 aliphatic rings. The zero-order valence-corrected chi connectivity index (χ0v) is 12.0. The van der Waals surface area contributed by atoms with Crippen LogP contribution in [0, 0.1) is 0 Å². The lowest BCUT2D eigenvalue weighted by molar-refractivity contribution is 0.415. The summed E-state index contributed by atoms with van der Waals surface area (Å²) in [6.07, 6.45) is 1.07. The molecular weight excluding hydrogens is 270 g/mol. The Kier molecular flexibility index (Phi) is 2.67. The number of thiophene rings is 1. The summed E-state index contributed by atoms with van der Waals surface area (Å²) >= 11 is 1.80. The number of hydrogen-bond donors (Lipinski definition) is 1. The first-order valence-corrected chi connectivity index (χ1v) is 7.58. The SMILES string of the molecule is COc1ccc2nn3c(c2c1)NCCC3c1cccs1. The highest BCUT2D eigenvalue weighted by Gasteiger charge is 2.25. The van der Waals surface area contributed by atoms with E-state index in [2.05, 4.69) is 33.6 Å². The maximum Gasteiger partial charge on any atom is 0.133 e. The van der Waals surface area contributed by atoms with Crippen LogP contribution in [0.1, 0.15) is 17.3 Å². The van der Waals surface area contributed by atoms with E-state index in [0.29, 0.717) is 6.04 Å². The molecule has 0 bridgehead atoms. The minimum Gasteiger partial charge on any atom is -0.497 e. The van der Waals surface area contributed by atoms with E-state index in [4.69, 9.17) is 9.84 Å². The van der Waals surface area contributed by atoms with Gasteiger partial charge in [0.1, 0.15) is 11.6 Å². The number of anilines is 1. The second kappa shape index (κ2) is 4.52. The number of ether oxygens (including phenoxy) is 1. The van der Waals surface area contributed by atoms with Gasteiger partial charge in [-0.05, 0) is 36.1 Å². The Hall–Kier alpha value is -2.01. The molecule has 1 aromatic carbocycles. The maximum absolute atomic E-state index is 5.32. The average molecular weight is 285 g/mol.